The van der Waals surface area contributed by atoms with Crippen molar-refractivity contribution in [3.8, 4) is 0 Å². The van der Waals surface area contributed by atoms with Gasteiger partial charge in [-0.25, -0.2) is 13.1 Å². The Hall–Kier alpha value is -0.170. The average Bonchev–Trinajstić information content (AvgIpc) is 2.37. The molecule has 0 spiro atoms. The summed E-state index contributed by atoms with van der Waals surface area (Å²) in [6.07, 6.45) is 2.99. The van der Waals surface area contributed by atoms with Gasteiger partial charge in [0.15, 0.2) is 0 Å². The first-order valence-electron chi connectivity index (χ1n) is 6.28. The highest BCUT2D eigenvalue weighted by Gasteiger charge is 2.30. The predicted octanol–water partition coefficient (Wildman–Crippen LogP) is 0.602. The Kier molecular flexibility index (Phi) is 5.37. The van der Waals surface area contributed by atoms with E-state index in [0.717, 1.165) is 19.3 Å². The predicted molar refractivity (Wildman–Crippen MR) is 68.3 cm³/mol. The Morgan fingerprint density at radius 1 is 1.41 bits per heavy atom. The Balaban J connectivity index is 2.54. The van der Waals surface area contributed by atoms with Crippen LogP contribution in [0.25, 0.3) is 0 Å². The van der Waals surface area contributed by atoms with Gasteiger partial charge in [0.05, 0.1) is 11.9 Å². The third-order valence-corrected chi connectivity index (χ3v) is 5.39. The van der Waals surface area contributed by atoms with E-state index in [4.69, 9.17) is 10.5 Å². The molecule has 0 saturated carbocycles. The van der Waals surface area contributed by atoms with Crippen LogP contribution in [0.15, 0.2) is 0 Å². The van der Waals surface area contributed by atoms with Gasteiger partial charge in [0.2, 0.25) is 10.0 Å². The number of ether oxygens (including phenoxy) is 1. The zero-order valence-electron chi connectivity index (χ0n) is 10.7. The van der Waals surface area contributed by atoms with Crippen LogP contribution in [-0.4, -0.2) is 39.0 Å². The van der Waals surface area contributed by atoms with E-state index in [1.54, 1.807) is 0 Å². The van der Waals surface area contributed by atoms with E-state index in [9.17, 15) is 8.42 Å². The molecule has 0 bridgehead atoms. The van der Waals surface area contributed by atoms with Gasteiger partial charge < -0.3 is 10.5 Å². The number of rotatable bonds is 6. The molecule has 0 aromatic carbocycles. The van der Waals surface area contributed by atoms with Crippen LogP contribution in [-0.2, 0) is 14.8 Å². The molecule has 0 aromatic rings. The summed E-state index contributed by atoms with van der Waals surface area (Å²) in [5.74, 6) is 0. The monoisotopic (exact) mass is 264 g/mol. The van der Waals surface area contributed by atoms with Crippen molar-refractivity contribution in [2.75, 3.05) is 19.8 Å². The third-order valence-electron chi connectivity index (χ3n) is 3.59. The molecule has 1 aliphatic heterocycles. The summed E-state index contributed by atoms with van der Waals surface area (Å²) in [5, 5.41) is -0.422. The minimum atomic E-state index is -3.29. The average molecular weight is 264 g/mol. The van der Waals surface area contributed by atoms with E-state index in [0.29, 0.717) is 26.2 Å². The Labute approximate surface area is 104 Å². The highest BCUT2D eigenvalue weighted by Crippen LogP contribution is 2.15. The van der Waals surface area contributed by atoms with Crippen LogP contribution in [0.1, 0.15) is 39.5 Å². The van der Waals surface area contributed by atoms with E-state index in [1.165, 1.54) is 0 Å². The fraction of sp³-hybridized carbons (Fsp3) is 1.00. The molecular formula is C11H24N2O3S. The van der Waals surface area contributed by atoms with Crippen LogP contribution in [0.2, 0.25) is 0 Å². The van der Waals surface area contributed by atoms with Gasteiger partial charge in [-0.15, -0.1) is 0 Å². The maximum atomic E-state index is 12.0. The molecule has 1 heterocycles. The van der Waals surface area contributed by atoms with E-state index < -0.39 is 20.8 Å². The van der Waals surface area contributed by atoms with Gasteiger partial charge in [0.1, 0.15) is 0 Å². The molecule has 1 rings (SSSR count). The van der Waals surface area contributed by atoms with Crippen LogP contribution in [0.4, 0.5) is 0 Å². The first kappa shape index (κ1) is 14.9. The number of hydrogen-bond donors (Lipinski definition) is 2. The molecule has 3 N–H and O–H groups in total. The molecule has 0 aromatic heterocycles. The normalized spacial score (nSPS) is 22.6. The zero-order valence-corrected chi connectivity index (χ0v) is 11.6. The molecule has 6 heteroatoms. The van der Waals surface area contributed by atoms with Crippen LogP contribution in [0, 0.1) is 0 Å². The van der Waals surface area contributed by atoms with E-state index >= 15 is 0 Å². The van der Waals surface area contributed by atoms with Gasteiger partial charge in [0.25, 0.3) is 0 Å². The number of nitrogens with two attached hydrogens (primary N) is 1. The smallest absolute Gasteiger partial charge is 0.216 e. The standard InChI is InChI=1S/C11H24N2O3S/c1-3-11(12,4-2)9-13-17(14,15)10-6-5-7-16-8-10/h10,13H,3-9,12H2,1-2H3. The molecule has 1 atom stereocenters. The maximum absolute atomic E-state index is 12.0. The Morgan fingerprint density at radius 3 is 2.53 bits per heavy atom. The molecule has 1 fully saturated rings. The van der Waals surface area contributed by atoms with Crippen molar-refractivity contribution in [1.82, 2.24) is 4.72 Å². The van der Waals surface area contributed by atoms with Gasteiger partial charge in [-0.1, -0.05) is 13.8 Å². The van der Waals surface area contributed by atoms with Crippen molar-refractivity contribution in [1.29, 1.82) is 0 Å². The van der Waals surface area contributed by atoms with Crippen LogP contribution < -0.4 is 10.5 Å². The molecule has 1 aliphatic rings. The third kappa shape index (κ3) is 4.21. The van der Waals surface area contributed by atoms with Gasteiger partial charge in [-0.05, 0) is 25.7 Å². The molecule has 102 valence electrons. The summed E-state index contributed by atoms with van der Waals surface area (Å²) in [5.41, 5.74) is 5.63. The maximum Gasteiger partial charge on any atom is 0.216 e. The van der Waals surface area contributed by atoms with E-state index in [-0.39, 0.29) is 0 Å². The highest BCUT2D eigenvalue weighted by atomic mass is 32.2. The van der Waals surface area contributed by atoms with Crippen LogP contribution in [0.3, 0.4) is 0 Å². The lowest BCUT2D eigenvalue weighted by Crippen LogP contribution is -2.51. The lowest BCUT2D eigenvalue weighted by atomic mass is 9.95. The fourth-order valence-corrected chi connectivity index (χ4v) is 3.29. The second-order valence-electron chi connectivity index (χ2n) is 4.77. The molecule has 17 heavy (non-hydrogen) atoms. The van der Waals surface area contributed by atoms with E-state index in [2.05, 4.69) is 4.72 Å². The largest absolute Gasteiger partial charge is 0.380 e. The first-order chi connectivity index (χ1) is 7.93. The van der Waals surface area contributed by atoms with Crippen molar-refractivity contribution < 1.29 is 13.2 Å². The number of hydrogen-bond acceptors (Lipinski definition) is 4. The minimum absolute atomic E-state index is 0.297. The SMILES string of the molecule is CCC(N)(CC)CNS(=O)(=O)C1CCCOC1. The molecule has 1 saturated heterocycles. The van der Waals surface area contributed by atoms with Crippen molar-refractivity contribution in [3.63, 3.8) is 0 Å². The molecule has 0 amide bonds. The second-order valence-corrected chi connectivity index (χ2v) is 6.82. The van der Waals surface area contributed by atoms with Crippen molar-refractivity contribution in [2.45, 2.75) is 50.3 Å². The summed E-state index contributed by atoms with van der Waals surface area (Å²) < 4.78 is 31.9. The van der Waals surface area contributed by atoms with Crippen LogP contribution in [0.5, 0.6) is 0 Å². The van der Waals surface area contributed by atoms with Crippen molar-refractivity contribution in [3.05, 3.63) is 0 Å². The van der Waals surface area contributed by atoms with Gasteiger partial charge in [0, 0.05) is 18.7 Å². The molecular weight excluding hydrogens is 240 g/mol. The first-order valence-corrected chi connectivity index (χ1v) is 7.83. The molecule has 0 radical (unpaired) electrons. The molecule has 1 unspecified atom stereocenters. The lowest BCUT2D eigenvalue weighted by Gasteiger charge is -2.29. The highest BCUT2D eigenvalue weighted by molar-refractivity contribution is 7.90. The number of sulfonamides is 1. The summed E-state index contributed by atoms with van der Waals surface area (Å²) >= 11 is 0. The van der Waals surface area contributed by atoms with Gasteiger partial charge >= 0.3 is 0 Å². The summed E-state index contributed by atoms with van der Waals surface area (Å²) in [6.45, 7) is 5.21. The lowest BCUT2D eigenvalue weighted by molar-refractivity contribution is 0.0987. The van der Waals surface area contributed by atoms with Crippen molar-refractivity contribution >= 4 is 10.0 Å². The quantitative estimate of drug-likeness (QED) is 0.736. The van der Waals surface area contributed by atoms with Gasteiger partial charge in [-0.2, -0.15) is 0 Å². The topological polar surface area (TPSA) is 81.4 Å². The Morgan fingerprint density at radius 2 is 2.06 bits per heavy atom. The second kappa shape index (κ2) is 6.13. The summed E-state index contributed by atoms with van der Waals surface area (Å²) in [6, 6.07) is 0. The summed E-state index contributed by atoms with van der Waals surface area (Å²) in [4.78, 5) is 0. The van der Waals surface area contributed by atoms with Crippen LogP contribution >= 0.6 is 0 Å². The number of nitrogens with one attached hydrogen (secondary N) is 1. The molecule has 5 nitrogen and oxygen atoms in total. The van der Waals surface area contributed by atoms with E-state index in [1.807, 2.05) is 13.8 Å². The fourth-order valence-electron chi connectivity index (χ4n) is 1.82. The zero-order chi connectivity index (χ0) is 12.9. The molecule has 0 aliphatic carbocycles. The van der Waals surface area contributed by atoms with Gasteiger partial charge in [-0.3, -0.25) is 0 Å². The minimum Gasteiger partial charge on any atom is -0.380 e. The summed E-state index contributed by atoms with van der Waals surface area (Å²) in [7, 11) is -3.29. The van der Waals surface area contributed by atoms with Crippen molar-refractivity contribution in [2.24, 2.45) is 5.73 Å². The Bertz CT molecular complexity index is 320.